The largest absolute Gasteiger partial charge is 0.469 e. The van der Waals surface area contributed by atoms with Gasteiger partial charge in [0.25, 0.3) is 5.69 Å². The van der Waals surface area contributed by atoms with Crippen LogP contribution in [0.1, 0.15) is 88.9 Å². The third-order valence-corrected chi connectivity index (χ3v) is 11.9. The van der Waals surface area contributed by atoms with Gasteiger partial charge in [0, 0.05) is 24.5 Å². The normalized spacial score (nSPS) is 38.7. The zero-order chi connectivity index (χ0) is 29.7. The highest BCUT2D eigenvalue weighted by Gasteiger charge is 2.65. The van der Waals surface area contributed by atoms with Gasteiger partial charge in [0.15, 0.2) is 5.78 Å². The predicted octanol–water partition coefficient (Wildman–Crippen LogP) is 5.52. The van der Waals surface area contributed by atoms with Crippen molar-refractivity contribution in [3.05, 3.63) is 39.9 Å². The Bertz CT molecular complexity index is 1200. The zero-order valence-corrected chi connectivity index (χ0v) is 24.5. The van der Waals surface area contributed by atoms with Gasteiger partial charge in [-0.2, -0.15) is 0 Å². The molecule has 1 aromatic carbocycles. The molecule has 0 radical (unpaired) electrons. The van der Waals surface area contributed by atoms with Crippen LogP contribution in [0.4, 0.5) is 5.69 Å². The van der Waals surface area contributed by atoms with Gasteiger partial charge in [-0.3, -0.25) is 19.7 Å². The van der Waals surface area contributed by atoms with Gasteiger partial charge in [0.2, 0.25) is 0 Å². The van der Waals surface area contributed by atoms with E-state index in [1.54, 1.807) is 0 Å². The number of rotatable bonds is 7. The lowest BCUT2D eigenvalue weighted by molar-refractivity contribution is -0.384. The number of aliphatic hydroxyl groups excluding tert-OH is 1. The van der Waals surface area contributed by atoms with Gasteiger partial charge in [-0.1, -0.05) is 20.8 Å². The van der Waals surface area contributed by atoms with E-state index in [2.05, 4.69) is 20.8 Å². The van der Waals surface area contributed by atoms with Crippen molar-refractivity contribution < 1.29 is 33.9 Å². The number of benzene rings is 1. The number of ketones is 1. The molecule has 10 atom stereocenters. The molecule has 0 spiro atoms. The quantitative estimate of drug-likeness (QED) is 0.258. The molecule has 0 saturated heterocycles. The Hall–Kier alpha value is -2.81. The van der Waals surface area contributed by atoms with Gasteiger partial charge >= 0.3 is 11.9 Å². The van der Waals surface area contributed by atoms with Gasteiger partial charge in [-0.05, 0) is 104 Å². The molecule has 9 nitrogen and oxygen atoms in total. The summed E-state index contributed by atoms with van der Waals surface area (Å²) in [7, 11) is 1.42. The third-order valence-electron chi connectivity index (χ3n) is 11.9. The van der Waals surface area contributed by atoms with Crippen molar-refractivity contribution in [1.82, 2.24) is 0 Å². The van der Waals surface area contributed by atoms with Crippen molar-refractivity contribution in [2.75, 3.05) is 7.11 Å². The van der Waals surface area contributed by atoms with E-state index >= 15 is 0 Å². The number of nitro benzene ring substituents is 1. The molecule has 4 fully saturated rings. The van der Waals surface area contributed by atoms with E-state index < -0.39 is 23.1 Å². The topological polar surface area (TPSA) is 133 Å². The van der Waals surface area contributed by atoms with Gasteiger partial charge in [-0.15, -0.1) is 0 Å². The molecule has 0 heterocycles. The number of aliphatic hydroxyl groups is 1. The molecular formula is C32H43NO8. The molecule has 0 bridgehead atoms. The number of ether oxygens (including phenoxy) is 2. The van der Waals surface area contributed by atoms with Gasteiger partial charge < -0.3 is 14.6 Å². The summed E-state index contributed by atoms with van der Waals surface area (Å²) in [5.41, 5.74) is -0.0902. The summed E-state index contributed by atoms with van der Waals surface area (Å²) in [5, 5.41) is 22.5. The first kappa shape index (κ1) is 29.7. The van der Waals surface area contributed by atoms with Crippen molar-refractivity contribution in [3.63, 3.8) is 0 Å². The van der Waals surface area contributed by atoms with Crippen LogP contribution in [0.5, 0.6) is 0 Å². The Kier molecular flexibility index (Phi) is 8.05. The lowest BCUT2D eigenvalue weighted by Gasteiger charge is -2.61. The Balaban J connectivity index is 1.29. The maximum atomic E-state index is 13.8. The number of esters is 2. The number of Topliss-reactive ketones (excluding diaryl/α,β-unsaturated/α-hetero) is 1. The van der Waals surface area contributed by atoms with Gasteiger partial charge in [-0.25, -0.2) is 4.79 Å². The molecular weight excluding hydrogens is 526 g/mol. The molecule has 1 unspecified atom stereocenters. The second kappa shape index (κ2) is 11.1. The summed E-state index contributed by atoms with van der Waals surface area (Å²) in [6.45, 7) is 6.79. The fraction of sp³-hybridized carbons (Fsp3) is 0.719. The predicted molar refractivity (Wildman–Crippen MR) is 150 cm³/mol. The van der Waals surface area contributed by atoms with E-state index in [1.165, 1.54) is 31.4 Å². The molecule has 1 N–H and O–H groups in total. The minimum atomic E-state index is -1.02. The zero-order valence-electron chi connectivity index (χ0n) is 24.5. The van der Waals surface area contributed by atoms with E-state index in [4.69, 9.17) is 9.47 Å². The minimum Gasteiger partial charge on any atom is -0.469 e. The summed E-state index contributed by atoms with van der Waals surface area (Å²) in [6.07, 6.45) is 5.58. The maximum Gasteiger partial charge on any atom is 0.338 e. The smallest absolute Gasteiger partial charge is 0.338 e. The number of nitro groups is 1. The van der Waals surface area contributed by atoms with Crippen LogP contribution < -0.4 is 0 Å². The van der Waals surface area contributed by atoms with Gasteiger partial charge in [0.05, 0.1) is 17.6 Å². The first-order chi connectivity index (χ1) is 19.4. The second-order valence-corrected chi connectivity index (χ2v) is 13.6. The Labute approximate surface area is 241 Å². The molecule has 41 heavy (non-hydrogen) atoms. The fourth-order valence-electron chi connectivity index (χ4n) is 9.65. The Morgan fingerprint density at radius 1 is 1.07 bits per heavy atom. The van der Waals surface area contributed by atoms with Crippen LogP contribution in [0, 0.1) is 56.5 Å². The standard InChI is InChI=1S/C32H43NO8/c1-18(5-12-26(34)40-4)22-10-11-23-27-24(14-16-31(22,23)2)32(3)15-13-21(17-25(32)28(35)29(27)36)41-30(37)19-6-8-20(9-7-19)33(38)39/h6-9,18,21-25,27,29,36H,5,10-17H2,1-4H3/t18-,21-,22-,23+,24+,25?,27+,29+,31-,32-/m1/s1. The molecule has 4 saturated carbocycles. The maximum absolute atomic E-state index is 13.8. The molecule has 0 aromatic heterocycles. The molecule has 1 aromatic rings. The van der Waals surface area contributed by atoms with Gasteiger partial charge in [0.1, 0.15) is 12.2 Å². The number of fused-ring (bicyclic) bond motifs is 5. The van der Waals surface area contributed by atoms with E-state index in [1.807, 2.05) is 0 Å². The number of carbonyl (C=O) groups excluding carboxylic acids is 3. The van der Waals surface area contributed by atoms with Crippen LogP contribution in [0.3, 0.4) is 0 Å². The van der Waals surface area contributed by atoms with E-state index in [-0.39, 0.29) is 57.5 Å². The summed E-state index contributed by atoms with van der Waals surface area (Å²) >= 11 is 0. The van der Waals surface area contributed by atoms with Crippen molar-refractivity contribution in [2.45, 2.75) is 90.8 Å². The molecule has 0 amide bonds. The van der Waals surface area contributed by atoms with E-state index in [9.17, 15) is 29.6 Å². The highest BCUT2D eigenvalue weighted by Crippen LogP contribution is 2.68. The number of carbonyl (C=O) groups is 3. The Morgan fingerprint density at radius 3 is 2.39 bits per heavy atom. The number of non-ortho nitro benzene ring substituents is 1. The molecule has 0 aliphatic heterocycles. The Morgan fingerprint density at radius 2 is 1.73 bits per heavy atom. The number of hydrogen-bond donors (Lipinski definition) is 1. The van der Waals surface area contributed by atoms with Crippen LogP contribution in [-0.2, 0) is 19.1 Å². The average Bonchev–Trinajstić information content (AvgIpc) is 3.32. The second-order valence-electron chi connectivity index (χ2n) is 13.6. The molecule has 224 valence electrons. The summed E-state index contributed by atoms with van der Waals surface area (Å²) in [5.74, 6) is 0.0127. The summed E-state index contributed by atoms with van der Waals surface area (Å²) in [6, 6.07) is 5.33. The average molecular weight is 570 g/mol. The van der Waals surface area contributed by atoms with Crippen molar-refractivity contribution in [3.8, 4) is 0 Å². The van der Waals surface area contributed by atoms with Crippen LogP contribution in [0.2, 0.25) is 0 Å². The number of hydrogen-bond acceptors (Lipinski definition) is 8. The minimum absolute atomic E-state index is 0.0264. The fourth-order valence-corrected chi connectivity index (χ4v) is 9.65. The van der Waals surface area contributed by atoms with Crippen molar-refractivity contribution in [1.29, 1.82) is 0 Å². The monoisotopic (exact) mass is 569 g/mol. The molecule has 9 heteroatoms. The third kappa shape index (κ3) is 5.08. The summed E-state index contributed by atoms with van der Waals surface area (Å²) in [4.78, 5) is 48.8. The SMILES string of the molecule is COC(=O)CC[C@@H](C)[C@H]1CC[C@H]2[C@@H]3[C@H](O)C(=O)C4C[C@H](OC(=O)c5ccc([N+](=O)[O-])cc5)CC[C@]4(C)[C@H]3CC[C@]12C. The summed E-state index contributed by atoms with van der Waals surface area (Å²) < 4.78 is 10.6. The molecule has 4 aliphatic carbocycles. The van der Waals surface area contributed by atoms with Crippen molar-refractivity contribution in [2.24, 2.45) is 46.3 Å². The molecule has 5 rings (SSSR count). The first-order valence-corrected chi connectivity index (χ1v) is 15.1. The first-order valence-electron chi connectivity index (χ1n) is 15.1. The highest BCUT2D eigenvalue weighted by atomic mass is 16.6. The van der Waals surface area contributed by atoms with E-state index in [0.717, 1.165) is 38.5 Å². The van der Waals surface area contributed by atoms with Crippen LogP contribution in [0.25, 0.3) is 0 Å². The number of nitrogens with zero attached hydrogens (tertiary/aromatic N) is 1. The van der Waals surface area contributed by atoms with Crippen LogP contribution in [-0.4, -0.2) is 47.1 Å². The lowest BCUT2D eigenvalue weighted by Crippen LogP contribution is -2.62. The van der Waals surface area contributed by atoms with Crippen LogP contribution in [0.15, 0.2) is 24.3 Å². The lowest BCUT2D eigenvalue weighted by atomic mass is 9.43. The van der Waals surface area contributed by atoms with Crippen LogP contribution >= 0.6 is 0 Å². The van der Waals surface area contributed by atoms with Crippen molar-refractivity contribution >= 4 is 23.4 Å². The molecule has 4 aliphatic rings. The number of methoxy groups -OCH3 is 1. The highest BCUT2D eigenvalue weighted by molar-refractivity contribution is 5.90. The van der Waals surface area contributed by atoms with E-state index in [0.29, 0.717) is 31.1 Å².